The van der Waals surface area contributed by atoms with Gasteiger partial charge in [-0.15, -0.1) is 0 Å². The molecule has 7 heteroatoms. The van der Waals surface area contributed by atoms with Crippen LogP contribution in [0.25, 0.3) is 0 Å². The molecule has 1 aromatic heterocycles. The van der Waals surface area contributed by atoms with Gasteiger partial charge in [0.15, 0.2) is 0 Å². The highest BCUT2D eigenvalue weighted by Gasteiger charge is 2.13. The number of aromatic nitrogens is 2. The largest absolute Gasteiger partial charge is 0.379 e. The number of hydrogen-bond acceptors (Lipinski definition) is 4. The maximum atomic E-state index is 13.1. The third-order valence-electron chi connectivity index (χ3n) is 3.03. The van der Waals surface area contributed by atoms with Crippen LogP contribution in [0.5, 0.6) is 0 Å². The fourth-order valence-corrected chi connectivity index (χ4v) is 1.94. The van der Waals surface area contributed by atoms with E-state index in [0.29, 0.717) is 6.54 Å². The van der Waals surface area contributed by atoms with Crippen LogP contribution in [-0.4, -0.2) is 21.7 Å². The zero-order valence-electron chi connectivity index (χ0n) is 11.0. The van der Waals surface area contributed by atoms with Gasteiger partial charge in [0.25, 0.3) is 5.69 Å². The van der Waals surface area contributed by atoms with E-state index < -0.39 is 10.7 Å². The van der Waals surface area contributed by atoms with Crippen LogP contribution in [0.15, 0.2) is 24.4 Å². The quantitative estimate of drug-likeness (QED) is 0.483. The van der Waals surface area contributed by atoms with Gasteiger partial charge in [0, 0.05) is 24.4 Å². The number of nitrogens with one attached hydrogen (secondary N) is 2. The molecule has 0 radical (unpaired) electrons. The Bertz CT molecular complexity index is 612. The van der Waals surface area contributed by atoms with Gasteiger partial charge >= 0.3 is 0 Å². The first-order chi connectivity index (χ1) is 9.58. The standard InChI is InChI=1S/C13H15FN4O2/c1-9-10(8-16-17-9)3-2-6-15-12-7-11(14)4-5-13(12)18(19)20/h4-5,7-8,15H,2-3,6H2,1H3,(H,16,17). The van der Waals surface area contributed by atoms with E-state index in [9.17, 15) is 14.5 Å². The van der Waals surface area contributed by atoms with Crippen LogP contribution in [-0.2, 0) is 6.42 Å². The van der Waals surface area contributed by atoms with E-state index in [2.05, 4.69) is 15.5 Å². The van der Waals surface area contributed by atoms with Crippen LogP contribution in [0.4, 0.5) is 15.8 Å². The molecule has 2 N–H and O–H groups in total. The van der Waals surface area contributed by atoms with Crippen molar-refractivity contribution in [3.05, 3.63) is 51.6 Å². The van der Waals surface area contributed by atoms with Crippen LogP contribution in [0.3, 0.4) is 0 Å². The average molecular weight is 278 g/mol. The topological polar surface area (TPSA) is 83.8 Å². The number of anilines is 1. The first-order valence-corrected chi connectivity index (χ1v) is 6.24. The summed E-state index contributed by atoms with van der Waals surface area (Å²) < 4.78 is 13.1. The highest BCUT2D eigenvalue weighted by molar-refractivity contribution is 5.61. The summed E-state index contributed by atoms with van der Waals surface area (Å²) in [6, 6.07) is 3.39. The summed E-state index contributed by atoms with van der Waals surface area (Å²) in [5, 5.41) is 20.5. The van der Waals surface area contributed by atoms with Crippen molar-refractivity contribution in [2.24, 2.45) is 0 Å². The Morgan fingerprint density at radius 3 is 2.95 bits per heavy atom. The SMILES string of the molecule is Cc1[nH]ncc1CCCNc1cc(F)ccc1[N+](=O)[O-]. The second-order valence-electron chi connectivity index (χ2n) is 4.47. The van der Waals surface area contributed by atoms with Gasteiger partial charge in [-0.2, -0.15) is 5.10 Å². The molecular formula is C13H15FN4O2. The summed E-state index contributed by atoms with van der Waals surface area (Å²) in [4.78, 5) is 10.3. The highest BCUT2D eigenvalue weighted by Crippen LogP contribution is 2.24. The summed E-state index contributed by atoms with van der Waals surface area (Å²) in [5.41, 5.74) is 2.21. The predicted octanol–water partition coefficient (Wildman–Crippen LogP) is 2.81. The second-order valence-corrected chi connectivity index (χ2v) is 4.47. The minimum atomic E-state index is -0.526. The van der Waals surface area contributed by atoms with Gasteiger partial charge < -0.3 is 5.32 Å². The lowest BCUT2D eigenvalue weighted by Crippen LogP contribution is -2.06. The third kappa shape index (κ3) is 3.31. The number of nitro benzene ring substituents is 1. The molecule has 6 nitrogen and oxygen atoms in total. The molecule has 0 aliphatic carbocycles. The van der Waals surface area contributed by atoms with E-state index in [1.165, 1.54) is 0 Å². The van der Waals surface area contributed by atoms with Crippen molar-refractivity contribution in [1.82, 2.24) is 10.2 Å². The Hall–Kier alpha value is -2.44. The van der Waals surface area contributed by atoms with Gasteiger partial charge in [-0.25, -0.2) is 4.39 Å². The fraction of sp³-hybridized carbons (Fsp3) is 0.308. The molecule has 0 bridgehead atoms. The molecule has 0 fully saturated rings. The number of halogens is 1. The van der Waals surface area contributed by atoms with Gasteiger partial charge in [-0.3, -0.25) is 15.2 Å². The van der Waals surface area contributed by atoms with Crippen LogP contribution in [0.2, 0.25) is 0 Å². The van der Waals surface area contributed by atoms with Gasteiger partial charge in [-0.1, -0.05) is 0 Å². The van der Waals surface area contributed by atoms with Crippen molar-refractivity contribution < 1.29 is 9.31 Å². The average Bonchev–Trinajstić information content (AvgIpc) is 2.80. The van der Waals surface area contributed by atoms with Gasteiger partial charge in [0.1, 0.15) is 11.5 Å². The van der Waals surface area contributed by atoms with Gasteiger partial charge in [-0.05, 0) is 31.4 Å². The number of aryl methyl sites for hydroxylation is 2. The fourth-order valence-electron chi connectivity index (χ4n) is 1.94. The normalized spacial score (nSPS) is 10.5. The zero-order valence-corrected chi connectivity index (χ0v) is 11.0. The first kappa shape index (κ1) is 14.0. The summed E-state index contributed by atoms with van der Waals surface area (Å²) in [5.74, 6) is -0.497. The number of nitro groups is 1. The Kier molecular flexibility index (Phi) is 4.29. The zero-order chi connectivity index (χ0) is 14.5. The molecule has 106 valence electrons. The molecular weight excluding hydrogens is 263 g/mol. The number of nitrogens with zero attached hydrogens (tertiary/aromatic N) is 2. The van der Waals surface area contributed by atoms with Crippen LogP contribution >= 0.6 is 0 Å². The number of benzene rings is 1. The van der Waals surface area contributed by atoms with Crippen LogP contribution in [0.1, 0.15) is 17.7 Å². The smallest absolute Gasteiger partial charge is 0.292 e. The number of hydrogen-bond donors (Lipinski definition) is 2. The Morgan fingerprint density at radius 1 is 1.50 bits per heavy atom. The molecule has 2 aromatic rings. The van der Waals surface area contributed by atoms with Crippen LogP contribution < -0.4 is 5.32 Å². The maximum absolute atomic E-state index is 13.1. The highest BCUT2D eigenvalue weighted by atomic mass is 19.1. The number of H-pyrrole nitrogens is 1. The van der Waals surface area contributed by atoms with Gasteiger partial charge in [0.2, 0.25) is 0 Å². The minimum Gasteiger partial charge on any atom is -0.379 e. The van der Waals surface area contributed by atoms with Crippen molar-refractivity contribution in [3.63, 3.8) is 0 Å². The van der Waals surface area contributed by atoms with Crippen molar-refractivity contribution in [2.75, 3.05) is 11.9 Å². The lowest BCUT2D eigenvalue weighted by Gasteiger charge is -2.07. The number of aromatic amines is 1. The molecule has 0 aliphatic heterocycles. The van der Waals surface area contributed by atoms with Crippen molar-refractivity contribution in [1.29, 1.82) is 0 Å². The number of rotatable bonds is 6. The molecule has 20 heavy (non-hydrogen) atoms. The van der Waals surface area contributed by atoms with Crippen molar-refractivity contribution >= 4 is 11.4 Å². The van der Waals surface area contributed by atoms with E-state index in [1.807, 2.05) is 6.92 Å². The molecule has 0 amide bonds. The Morgan fingerprint density at radius 2 is 2.30 bits per heavy atom. The lowest BCUT2D eigenvalue weighted by atomic mass is 10.1. The molecule has 0 saturated heterocycles. The molecule has 2 rings (SSSR count). The Balaban J connectivity index is 1.92. The van der Waals surface area contributed by atoms with E-state index in [4.69, 9.17) is 0 Å². The van der Waals surface area contributed by atoms with E-state index in [0.717, 1.165) is 42.3 Å². The van der Waals surface area contributed by atoms with Crippen molar-refractivity contribution in [2.45, 2.75) is 19.8 Å². The molecule has 0 saturated carbocycles. The first-order valence-electron chi connectivity index (χ1n) is 6.24. The predicted molar refractivity (Wildman–Crippen MR) is 73.2 cm³/mol. The summed E-state index contributed by atoms with van der Waals surface area (Å²) in [6.45, 7) is 2.46. The van der Waals surface area contributed by atoms with Crippen LogP contribution in [0, 0.1) is 22.9 Å². The van der Waals surface area contributed by atoms with E-state index >= 15 is 0 Å². The minimum absolute atomic E-state index is 0.120. The Labute approximate surface area is 115 Å². The second kappa shape index (κ2) is 6.14. The maximum Gasteiger partial charge on any atom is 0.292 e. The molecule has 1 aromatic carbocycles. The molecule has 0 atom stereocenters. The van der Waals surface area contributed by atoms with E-state index in [1.54, 1.807) is 6.20 Å². The molecule has 0 aliphatic rings. The monoisotopic (exact) mass is 278 g/mol. The third-order valence-corrected chi connectivity index (χ3v) is 3.03. The lowest BCUT2D eigenvalue weighted by molar-refractivity contribution is -0.384. The molecule has 0 unspecified atom stereocenters. The van der Waals surface area contributed by atoms with Gasteiger partial charge in [0.05, 0.1) is 11.1 Å². The molecule has 1 heterocycles. The van der Waals surface area contributed by atoms with Crippen molar-refractivity contribution in [3.8, 4) is 0 Å². The summed E-state index contributed by atoms with van der Waals surface area (Å²) in [7, 11) is 0. The molecule has 0 spiro atoms. The van der Waals surface area contributed by atoms with E-state index in [-0.39, 0.29) is 11.4 Å². The summed E-state index contributed by atoms with van der Waals surface area (Å²) in [6.07, 6.45) is 3.34. The summed E-state index contributed by atoms with van der Waals surface area (Å²) >= 11 is 0.